The smallest absolute Gasteiger partial charge is 0.160 e. The van der Waals surface area contributed by atoms with Crippen LogP contribution in [0.5, 0.6) is 0 Å². The maximum absolute atomic E-state index is 9.42. The number of fused-ring (bicyclic) bond motifs is 5. The van der Waals surface area contributed by atoms with Crippen LogP contribution in [0.15, 0.2) is 0 Å². The van der Waals surface area contributed by atoms with Gasteiger partial charge < -0.3 is 14.6 Å². The standard InChI is InChI=1S/C8H12O3/c9-8-7-4(3-10-8)5-1-2-6(7)11-5/h4-9H,1-3H2/t4?,5-,6+,7?,8?/m0/s1. The van der Waals surface area contributed by atoms with Gasteiger partial charge in [0, 0.05) is 11.8 Å². The summed E-state index contributed by atoms with van der Waals surface area (Å²) in [7, 11) is 0. The van der Waals surface area contributed by atoms with Crippen molar-refractivity contribution in [3.8, 4) is 0 Å². The van der Waals surface area contributed by atoms with Crippen LogP contribution in [0.1, 0.15) is 12.8 Å². The van der Waals surface area contributed by atoms with Gasteiger partial charge in [0.25, 0.3) is 0 Å². The molecule has 5 atom stereocenters. The second-order valence-corrected chi connectivity index (χ2v) is 3.76. The van der Waals surface area contributed by atoms with Crippen molar-refractivity contribution in [2.24, 2.45) is 11.8 Å². The monoisotopic (exact) mass is 156 g/mol. The second-order valence-electron chi connectivity index (χ2n) is 3.76. The van der Waals surface area contributed by atoms with Gasteiger partial charge in [-0.3, -0.25) is 0 Å². The van der Waals surface area contributed by atoms with Gasteiger partial charge >= 0.3 is 0 Å². The van der Waals surface area contributed by atoms with Gasteiger partial charge in [-0.1, -0.05) is 0 Å². The molecule has 3 heteroatoms. The van der Waals surface area contributed by atoms with Crippen LogP contribution in [-0.2, 0) is 9.47 Å². The molecule has 11 heavy (non-hydrogen) atoms. The Bertz CT molecular complexity index is 182. The Morgan fingerprint density at radius 2 is 2.00 bits per heavy atom. The van der Waals surface area contributed by atoms with Gasteiger partial charge in [0.1, 0.15) is 0 Å². The minimum atomic E-state index is -0.546. The summed E-state index contributed by atoms with van der Waals surface area (Å²) >= 11 is 0. The summed E-state index contributed by atoms with van der Waals surface area (Å²) in [5, 5.41) is 9.42. The third-order valence-corrected chi connectivity index (χ3v) is 3.28. The normalized spacial score (nSPS) is 60.3. The summed E-state index contributed by atoms with van der Waals surface area (Å²) < 4.78 is 10.8. The molecule has 3 heterocycles. The highest BCUT2D eigenvalue weighted by Crippen LogP contribution is 2.48. The van der Waals surface area contributed by atoms with Gasteiger partial charge in [0.15, 0.2) is 6.29 Å². The molecule has 0 saturated carbocycles. The Hall–Kier alpha value is -0.120. The number of aliphatic hydroxyl groups is 1. The van der Waals surface area contributed by atoms with Crippen LogP contribution in [0.4, 0.5) is 0 Å². The lowest BCUT2D eigenvalue weighted by atomic mass is 9.81. The van der Waals surface area contributed by atoms with E-state index in [1.165, 1.54) is 6.42 Å². The van der Waals surface area contributed by atoms with E-state index in [9.17, 15) is 5.11 Å². The lowest BCUT2D eigenvalue weighted by Gasteiger charge is -2.19. The number of rotatable bonds is 0. The first kappa shape index (κ1) is 6.40. The van der Waals surface area contributed by atoms with E-state index in [0.29, 0.717) is 24.7 Å². The summed E-state index contributed by atoms with van der Waals surface area (Å²) in [6.07, 6.45) is 2.42. The summed E-state index contributed by atoms with van der Waals surface area (Å²) in [6, 6.07) is 0. The SMILES string of the molecule is OC1OCC2C1[C@H]1CC[C@@H]2O1. The van der Waals surface area contributed by atoms with Gasteiger partial charge in [0.05, 0.1) is 18.8 Å². The van der Waals surface area contributed by atoms with E-state index in [1.54, 1.807) is 0 Å². The van der Waals surface area contributed by atoms with Crippen LogP contribution in [0, 0.1) is 11.8 Å². The van der Waals surface area contributed by atoms with Crippen molar-refractivity contribution in [3.05, 3.63) is 0 Å². The van der Waals surface area contributed by atoms with Crippen molar-refractivity contribution >= 4 is 0 Å². The van der Waals surface area contributed by atoms with E-state index in [1.807, 2.05) is 0 Å². The predicted molar refractivity (Wildman–Crippen MR) is 36.8 cm³/mol. The van der Waals surface area contributed by atoms with E-state index in [0.717, 1.165) is 6.42 Å². The zero-order chi connectivity index (χ0) is 7.42. The molecule has 1 N–H and O–H groups in total. The first-order chi connectivity index (χ1) is 5.36. The summed E-state index contributed by atoms with van der Waals surface area (Å²) in [5.74, 6) is 0.775. The molecule has 3 fully saturated rings. The third kappa shape index (κ3) is 0.687. The fourth-order valence-electron chi connectivity index (χ4n) is 2.75. The van der Waals surface area contributed by atoms with Gasteiger partial charge in [-0.15, -0.1) is 0 Å². The Morgan fingerprint density at radius 1 is 1.18 bits per heavy atom. The molecular formula is C8H12O3. The average Bonchev–Trinajstić information content (AvgIpc) is 2.60. The van der Waals surface area contributed by atoms with E-state index in [-0.39, 0.29) is 5.92 Å². The first-order valence-corrected chi connectivity index (χ1v) is 4.31. The molecule has 0 amide bonds. The van der Waals surface area contributed by atoms with Crippen LogP contribution >= 0.6 is 0 Å². The Labute approximate surface area is 65.3 Å². The highest BCUT2D eigenvalue weighted by Gasteiger charge is 2.55. The molecule has 3 saturated heterocycles. The minimum absolute atomic E-state index is 0.286. The lowest BCUT2D eigenvalue weighted by molar-refractivity contribution is -0.105. The van der Waals surface area contributed by atoms with Gasteiger partial charge in [-0.2, -0.15) is 0 Å². The molecule has 0 radical (unpaired) electrons. The van der Waals surface area contributed by atoms with Crippen molar-refractivity contribution in [1.82, 2.24) is 0 Å². The van der Waals surface area contributed by atoms with E-state index in [2.05, 4.69) is 0 Å². The zero-order valence-electron chi connectivity index (χ0n) is 6.27. The van der Waals surface area contributed by atoms with Crippen molar-refractivity contribution in [2.75, 3.05) is 6.61 Å². The van der Waals surface area contributed by atoms with Crippen molar-refractivity contribution in [3.63, 3.8) is 0 Å². The summed E-state index contributed by atoms with van der Waals surface area (Å²) in [5.41, 5.74) is 0. The summed E-state index contributed by atoms with van der Waals surface area (Å²) in [4.78, 5) is 0. The fraction of sp³-hybridized carbons (Fsp3) is 1.00. The van der Waals surface area contributed by atoms with E-state index in [4.69, 9.17) is 9.47 Å². The van der Waals surface area contributed by atoms with Crippen molar-refractivity contribution in [2.45, 2.75) is 31.3 Å². The van der Waals surface area contributed by atoms with Gasteiger partial charge in [-0.05, 0) is 12.8 Å². The molecule has 0 aromatic rings. The van der Waals surface area contributed by atoms with Crippen molar-refractivity contribution in [1.29, 1.82) is 0 Å². The average molecular weight is 156 g/mol. The molecule has 62 valence electrons. The van der Waals surface area contributed by atoms with Gasteiger partial charge in [-0.25, -0.2) is 0 Å². The number of ether oxygens (including phenoxy) is 2. The molecule has 0 spiro atoms. The summed E-state index contributed by atoms with van der Waals surface area (Å²) in [6.45, 7) is 0.701. The molecule has 3 rings (SSSR count). The highest BCUT2D eigenvalue weighted by molar-refractivity contribution is 4.99. The largest absolute Gasteiger partial charge is 0.374 e. The second kappa shape index (κ2) is 1.97. The predicted octanol–water partition coefficient (Wildman–Crippen LogP) is 0.129. The molecule has 3 nitrogen and oxygen atoms in total. The van der Waals surface area contributed by atoms with Gasteiger partial charge in [0.2, 0.25) is 0 Å². The molecular weight excluding hydrogens is 144 g/mol. The molecule has 3 aliphatic rings. The molecule has 2 bridgehead atoms. The minimum Gasteiger partial charge on any atom is -0.374 e. The Balaban J connectivity index is 1.91. The molecule has 0 aromatic carbocycles. The molecule has 3 unspecified atom stereocenters. The number of hydrogen-bond donors (Lipinski definition) is 1. The van der Waals surface area contributed by atoms with Crippen LogP contribution in [-0.4, -0.2) is 30.2 Å². The third-order valence-electron chi connectivity index (χ3n) is 3.28. The first-order valence-electron chi connectivity index (χ1n) is 4.31. The van der Waals surface area contributed by atoms with Crippen molar-refractivity contribution < 1.29 is 14.6 Å². The quantitative estimate of drug-likeness (QED) is 0.541. The van der Waals surface area contributed by atoms with Crippen LogP contribution in [0.3, 0.4) is 0 Å². The fourth-order valence-corrected chi connectivity index (χ4v) is 2.75. The maximum Gasteiger partial charge on any atom is 0.160 e. The molecule has 0 aliphatic carbocycles. The lowest BCUT2D eigenvalue weighted by Crippen LogP contribution is -2.30. The number of hydrogen-bond acceptors (Lipinski definition) is 3. The van der Waals surface area contributed by atoms with Crippen LogP contribution in [0.25, 0.3) is 0 Å². The van der Waals surface area contributed by atoms with Crippen LogP contribution < -0.4 is 0 Å². The van der Waals surface area contributed by atoms with E-state index >= 15 is 0 Å². The molecule has 0 aromatic heterocycles. The molecule has 3 aliphatic heterocycles. The topological polar surface area (TPSA) is 38.7 Å². The van der Waals surface area contributed by atoms with Crippen LogP contribution in [0.2, 0.25) is 0 Å². The highest BCUT2D eigenvalue weighted by atomic mass is 16.6. The maximum atomic E-state index is 9.42. The number of aliphatic hydroxyl groups excluding tert-OH is 1. The Morgan fingerprint density at radius 3 is 2.82 bits per heavy atom. The zero-order valence-corrected chi connectivity index (χ0v) is 6.27. The van der Waals surface area contributed by atoms with E-state index < -0.39 is 6.29 Å². The Kier molecular flexibility index (Phi) is 1.15.